The van der Waals surface area contributed by atoms with Crippen molar-refractivity contribution in [3.8, 4) is 11.3 Å². The van der Waals surface area contributed by atoms with Gasteiger partial charge in [0.1, 0.15) is 11.6 Å². The van der Waals surface area contributed by atoms with Crippen molar-refractivity contribution >= 4 is 11.6 Å². The van der Waals surface area contributed by atoms with Gasteiger partial charge in [-0.25, -0.2) is 8.78 Å². The molecule has 0 aliphatic carbocycles. The number of halogens is 3. The zero-order chi connectivity index (χ0) is 11.7. The van der Waals surface area contributed by atoms with Gasteiger partial charge in [0.2, 0.25) is 0 Å². The fourth-order valence-corrected chi connectivity index (χ4v) is 1.40. The van der Waals surface area contributed by atoms with Crippen LogP contribution in [0.3, 0.4) is 0 Å². The average Bonchev–Trinajstić information content (AvgIpc) is 2.25. The normalized spacial score (nSPS) is 10.5. The highest BCUT2D eigenvalue weighted by atomic mass is 35.5. The van der Waals surface area contributed by atoms with Crippen LogP contribution in [0.4, 0.5) is 8.78 Å². The second-order valence-electron chi connectivity index (χ2n) is 3.32. The van der Waals surface area contributed by atoms with Crippen LogP contribution in [0.1, 0.15) is 5.56 Å². The molecule has 1 aromatic carbocycles. The molecule has 0 aliphatic rings. The van der Waals surface area contributed by atoms with Crippen LogP contribution in [0.5, 0.6) is 0 Å². The van der Waals surface area contributed by atoms with E-state index in [9.17, 15) is 8.78 Å². The molecule has 1 heterocycles. The Kier molecular flexibility index (Phi) is 2.83. The van der Waals surface area contributed by atoms with E-state index < -0.39 is 11.6 Å². The number of benzene rings is 1. The summed E-state index contributed by atoms with van der Waals surface area (Å²) in [5.74, 6) is -1.01. The van der Waals surface area contributed by atoms with Crippen molar-refractivity contribution in [2.45, 2.75) is 6.92 Å². The predicted octanol–water partition coefficient (Wildman–Crippen LogP) is 3.38. The minimum atomic E-state index is -0.532. The first kappa shape index (κ1) is 11.0. The lowest BCUT2D eigenvalue weighted by Crippen LogP contribution is -1.94. The van der Waals surface area contributed by atoms with Gasteiger partial charge in [0.05, 0.1) is 5.69 Å². The minimum absolute atomic E-state index is 0.0762. The second-order valence-corrected chi connectivity index (χ2v) is 3.71. The maximum atomic E-state index is 13.5. The van der Waals surface area contributed by atoms with E-state index in [4.69, 9.17) is 11.6 Å². The molecule has 2 nitrogen and oxygen atoms in total. The number of nitrogens with zero attached hydrogens (tertiary/aromatic N) is 2. The first-order chi connectivity index (χ1) is 7.58. The topological polar surface area (TPSA) is 25.8 Å². The van der Waals surface area contributed by atoms with Gasteiger partial charge in [-0.3, -0.25) is 0 Å². The molecule has 0 spiro atoms. The van der Waals surface area contributed by atoms with Gasteiger partial charge in [0, 0.05) is 5.56 Å². The molecule has 0 bridgehead atoms. The molecule has 0 atom stereocenters. The van der Waals surface area contributed by atoms with E-state index in [1.165, 1.54) is 19.1 Å². The molecule has 2 rings (SSSR count). The molecule has 16 heavy (non-hydrogen) atoms. The molecule has 5 heteroatoms. The number of rotatable bonds is 1. The first-order valence-electron chi connectivity index (χ1n) is 4.53. The van der Waals surface area contributed by atoms with E-state index in [0.29, 0.717) is 0 Å². The molecule has 0 saturated carbocycles. The summed E-state index contributed by atoms with van der Waals surface area (Å²) in [6, 6.07) is 5.19. The fraction of sp³-hybridized carbons (Fsp3) is 0.0909. The standard InChI is InChI=1S/C11H7ClF2N2/c1-6-4-9(14)7(5-8(6)13)10-2-3-11(12)16-15-10/h2-5H,1H3. The van der Waals surface area contributed by atoms with Crippen LogP contribution in [0.15, 0.2) is 24.3 Å². The molecular formula is C11H7ClF2N2. The van der Waals surface area contributed by atoms with E-state index in [1.807, 2.05) is 0 Å². The van der Waals surface area contributed by atoms with Crippen molar-refractivity contribution in [1.29, 1.82) is 0 Å². The Morgan fingerprint density at radius 2 is 1.81 bits per heavy atom. The second kappa shape index (κ2) is 4.14. The molecule has 1 aromatic heterocycles. The van der Waals surface area contributed by atoms with E-state index in [-0.39, 0.29) is 22.0 Å². The van der Waals surface area contributed by atoms with Crippen molar-refractivity contribution < 1.29 is 8.78 Å². The number of hydrogen-bond acceptors (Lipinski definition) is 2. The van der Waals surface area contributed by atoms with E-state index >= 15 is 0 Å². The van der Waals surface area contributed by atoms with Gasteiger partial charge in [0.15, 0.2) is 5.15 Å². The van der Waals surface area contributed by atoms with Crippen LogP contribution in [-0.2, 0) is 0 Å². The van der Waals surface area contributed by atoms with Gasteiger partial charge in [-0.1, -0.05) is 11.6 Å². The Morgan fingerprint density at radius 3 is 2.44 bits per heavy atom. The van der Waals surface area contributed by atoms with Gasteiger partial charge in [-0.2, -0.15) is 0 Å². The van der Waals surface area contributed by atoms with Crippen LogP contribution < -0.4 is 0 Å². The molecule has 0 N–H and O–H groups in total. The number of aryl methyl sites for hydroxylation is 1. The highest BCUT2D eigenvalue weighted by molar-refractivity contribution is 6.29. The van der Waals surface area contributed by atoms with Crippen LogP contribution in [0, 0.1) is 18.6 Å². The lowest BCUT2D eigenvalue weighted by Gasteiger charge is -2.04. The third-order valence-electron chi connectivity index (χ3n) is 2.16. The summed E-state index contributed by atoms with van der Waals surface area (Å²) in [4.78, 5) is 0. The summed E-state index contributed by atoms with van der Waals surface area (Å²) in [5, 5.41) is 7.47. The van der Waals surface area contributed by atoms with Crippen LogP contribution >= 0.6 is 11.6 Å². The summed E-state index contributed by atoms with van der Waals surface area (Å²) in [6.07, 6.45) is 0. The maximum absolute atomic E-state index is 13.5. The number of aromatic nitrogens is 2. The summed E-state index contributed by atoms with van der Waals surface area (Å²) < 4.78 is 26.8. The van der Waals surface area contributed by atoms with Gasteiger partial charge < -0.3 is 0 Å². The van der Waals surface area contributed by atoms with Gasteiger partial charge in [0.25, 0.3) is 0 Å². The molecule has 0 saturated heterocycles. The SMILES string of the molecule is Cc1cc(F)c(-c2ccc(Cl)nn2)cc1F. The Morgan fingerprint density at radius 1 is 1.06 bits per heavy atom. The molecule has 2 aromatic rings. The van der Waals surface area contributed by atoms with Crippen molar-refractivity contribution in [2.75, 3.05) is 0 Å². The summed E-state index contributed by atoms with van der Waals surface area (Å²) in [7, 11) is 0. The predicted molar refractivity (Wildman–Crippen MR) is 57.1 cm³/mol. The molecule has 0 aliphatic heterocycles. The monoisotopic (exact) mass is 240 g/mol. The highest BCUT2D eigenvalue weighted by Crippen LogP contribution is 2.23. The Balaban J connectivity index is 2.56. The zero-order valence-corrected chi connectivity index (χ0v) is 9.09. The maximum Gasteiger partial charge on any atom is 0.151 e. The van der Waals surface area contributed by atoms with E-state index in [1.54, 1.807) is 0 Å². The van der Waals surface area contributed by atoms with Gasteiger partial charge >= 0.3 is 0 Å². The lowest BCUT2D eigenvalue weighted by molar-refractivity contribution is 0.594. The average molecular weight is 241 g/mol. The smallest absolute Gasteiger partial charge is 0.151 e. The third-order valence-corrected chi connectivity index (χ3v) is 2.36. The summed E-state index contributed by atoms with van der Waals surface area (Å²) >= 11 is 5.55. The molecule has 82 valence electrons. The van der Waals surface area contributed by atoms with Crippen LogP contribution in [0.25, 0.3) is 11.3 Å². The molecule has 0 amide bonds. The van der Waals surface area contributed by atoms with E-state index in [2.05, 4.69) is 10.2 Å². The van der Waals surface area contributed by atoms with E-state index in [0.717, 1.165) is 12.1 Å². The molecular weight excluding hydrogens is 234 g/mol. The summed E-state index contributed by atoms with van der Waals surface area (Å²) in [5.41, 5.74) is 0.580. The largest absolute Gasteiger partial charge is 0.207 e. The molecule has 0 radical (unpaired) electrons. The first-order valence-corrected chi connectivity index (χ1v) is 4.91. The fourth-order valence-electron chi connectivity index (χ4n) is 1.30. The van der Waals surface area contributed by atoms with Crippen molar-refractivity contribution in [3.63, 3.8) is 0 Å². The molecule has 0 unspecified atom stereocenters. The van der Waals surface area contributed by atoms with Gasteiger partial charge in [-0.05, 0) is 36.8 Å². The van der Waals surface area contributed by atoms with Crippen LogP contribution in [0.2, 0.25) is 5.15 Å². The third kappa shape index (κ3) is 2.02. The lowest BCUT2D eigenvalue weighted by atomic mass is 10.1. The minimum Gasteiger partial charge on any atom is -0.207 e. The Bertz CT molecular complexity index is 526. The quantitative estimate of drug-likeness (QED) is 0.764. The summed E-state index contributed by atoms with van der Waals surface area (Å²) in [6.45, 7) is 1.50. The van der Waals surface area contributed by atoms with Gasteiger partial charge in [-0.15, -0.1) is 10.2 Å². The zero-order valence-electron chi connectivity index (χ0n) is 8.34. The molecule has 0 fully saturated rings. The highest BCUT2D eigenvalue weighted by Gasteiger charge is 2.10. The van der Waals surface area contributed by atoms with Crippen molar-refractivity contribution in [2.24, 2.45) is 0 Å². The number of hydrogen-bond donors (Lipinski definition) is 0. The Labute approximate surface area is 95.9 Å². The Hall–Kier alpha value is -1.55. The van der Waals surface area contributed by atoms with Crippen molar-refractivity contribution in [3.05, 3.63) is 46.6 Å². The van der Waals surface area contributed by atoms with Crippen LogP contribution in [-0.4, -0.2) is 10.2 Å². The van der Waals surface area contributed by atoms with Crippen molar-refractivity contribution in [1.82, 2.24) is 10.2 Å².